The number of rotatable bonds is 3. The molecule has 2 heterocycles. The minimum Gasteiger partial charge on any atom is -0.504 e. The number of carbonyl (C=O) groups is 5. The number of phenolic OH excluding ortho intramolecular Hbond substituents is 1. The fourth-order valence-electron chi connectivity index (χ4n) is 7.03. The molecule has 6 rings (SSSR count). The highest BCUT2D eigenvalue weighted by molar-refractivity contribution is 6.58. The molecule has 10 nitrogen and oxygen atoms in total. The number of amides is 6. The van der Waals surface area contributed by atoms with Crippen LogP contribution < -0.4 is 15.4 Å². The van der Waals surface area contributed by atoms with Crippen LogP contribution in [0.15, 0.2) is 29.8 Å². The lowest BCUT2D eigenvalue weighted by molar-refractivity contribution is -0.136. The van der Waals surface area contributed by atoms with Crippen LogP contribution in [0.4, 0.5) is 32.4 Å². The van der Waals surface area contributed by atoms with Gasteiger partial charge in [-0.1, -0.05) is 17.7 Å². The predicted octanol–water partition coefficient (Wildman–Crippen LogP) is 3.74. The van der Waals surface area contributed by atoms with E-state index in [1.54, 1.807) is 0 Å². The van der Waals surface area contributed by atoms with Crippen molar-refractivity contribution in [3.8, 4) is 11.5 Å². The van der Waals surface area contributed by atoms with Gasteiger partial charge >= 0.3 is 6.03 Å². The molecule has 17 heteroatoms. The van der Waals surface area contributed by atoms with Crippen molar-refractivity contribution in [3.05, 3.63) is 64.5 Å². The number of phenols is 1. The van der Waals surface area contributed by atoms with Crippen LogP contribution >= 0.6 is 23.2 Å². The van der Waals surface area contributed by atoms with Crippen LogP contribution in [0.1, 0.15) is 24.3 Å². The molecule has 3 N–H and O–H groups in total. The Hall–Kier alpha value is -4.24. The van der Waals surface area contributed by atoms with E-state index in [4.69, 9.17) is 33.7 Å². The van der Waals surface area contributed by atoms with Gasteiger partial charge in [0.15, 0.2) is 44.5 Å². The van der Waals surface area contributed by atoms with Gasteiger partial charge in [0.05, 0.1) is 18.9 Å². The molecule has 236 valence electrons. The molecule has 0 aromatic heterocycles. The maximum atomic E-state index is 15.0. The van der Waals surface area contributed by atoms with Gasteiger partial charge in [-0.3, -0.25) is 19.2 Å². The third kappa shape index (κ3) is 3.70. The SMILES string of the molecule is COc1cc(C2C3=CCC4C(=O)N(C(N)=O)C(=O)C4C3CC3(Cl)C(=O)N(c4c(F)c(F)c(F)c(F)c4F)C(=O)C23Cl)ccc1O. The number of benzene rings is 2. The first-order valence-corrected chi connectivity index (χ1v) is 13.8. The number of hydrogen-bond donors (Lipinski definition) is 2. The molecule has 6 atom stereocenters. The van der Waals surface area contributed by atoms with Gasteiger partial charge in [0.2, 0.25) is 17.6 Å². The van der Waals surface area contributed by atoms with E-state index in [-0.39, 0.29) is 38.9 Å². The number of alkyl halides is 2. The summed E-state index contributed by atoms with van der Waals surface area (Å²) in [5, 5.41) is 10.2. The highest BCUT2D eigenvalue weighted by Gasteiger charge is 2.77. The van der Waals surface area contributed by atoms with Crippen LogP contribution in [-0.2, 0) is 19.2 Å². The molecular weight excluding hydrogens is 656 g/mol. The number of nitrogens with zero attached hydrogens (tertiary/aromatic N) is 2. The molecule has 6 amide bonds. The first kappa shape index (κ1) is 30.8. The first-order valence-electron chi connectivity index (χ1n) is 13.1. The Bertz CT molecular complexity index is 1800. The van der Waals surface area contributed by atoms with Crippen molar-refractivity contribution in [3.63, 3.8) is 0 Å². The summed E-state index contributed by atoms with van der Waals surface area (Å²) >= 11 is 13.9. The Morgan fingerprint density at radius 1 is 0.956 bits per heavy atom. The molecule has 3 fully saturated rings. The molecule has 2 saturated heterocycles. The first-order chi connectivity index (χ1) is 21.0. The minimum atomic E-state index is -2.75. The molecule has 2 aromatic carbocycles. The molecular formula is C28H18Cl2F5N3O7. The van der Waals surface area contributed by atoms with Gasteiger partial charge in [-0.25, -0.2) is 31.6 Å². The number of aromatic hydroxyl groups is 1. The molecule has 1 saturated carbocycles. The summed E-state index contributed by atoms with van der Waals surface area (Å²) < 4.78 is 77.7. The summed E-state index contributed by atoms with van der Waals surface area (Å²) in [7, 11) is 1.19. The smallest absolute Gasteiger partial charge is 0.328 e. The Morgan fingerprint density at radius 3 is 2.13 bits per heavy atom. The Balaban J connectivity index is 1.62. The third-order valence-corrected chi connectivity index (χ3v) is 10.4. The second-order valence-electron chi connectivity index (χ2n) is 11.0. The minimum absolute atomic E-state index is 0.0167. The summed E-state index contributed by atoms with van der Waals surface area (Å²) in [5.41, 5.74) is 3.50. The van der Waals surface area contributed by atoms with Crippen molar-refractivity contribution in [1.29, 1.82) is 0 Å². The van der Waals surface area contributed by atoms with Crippen molar-refractivity contribution < 1.29 is 55.8 Å². The van der Waals surface area contributed by atoms with Gasteiger partial charge in [0, 0.05) is 5.92 Å². The largest absolute Gasteiger partial charge is 0.504 e. The average molecular weight is 674 g/mol. The van der Waals surface area contributed by atoms with Gasteiger partial charge in [0.25, 0.3) is 11.8 Å². The van der Waals surface area contributed by atoms with Crippen LogP contribution in [0.3, 0.4) is 0 Å². The summed E-state index contributed by atoms with van der Waals surface area (Å²) in [5.74, 6) is -23.7. The van der Waals surface area contributed by atoms with Crippen molar-refractivity contribution in [2.45, 2.75) is 28.5 Å². The third-order valence-electron chi connectivity index (χ3n) is 8.98. The van der Waals surface area contributed by atoms with Crippen molar-refractivity contribution in [1.82, 2.24) is 4.90 Å². The highest BCUT2D eigenvalue weighted by atomic mass is 35.5. The zero-order chi connectivity index (χ0) is 33.1. The van der Waals surface area contributed by atoms with E-state index >= 15 is 8.78 Å². The summed E-state index contributed by atoms with van der Waals surface area (Å²) in [6, 6.07) is 2.21. The topological polar surface area (TPSA) is 147 Å². The van der Waals surface area contributed by atoms with E-state index in [1.165, 1.54) is 25.3 Å². The van der Waals surface area contributed by atoms with E-state index in [1.807, 2.05) is 0 Å². The normalized spacial score (nSPS) is 30.7. The summed E-state index contributed by atoms with van der Waals surface area (Å²) in [6.07, 6.45) is 0.506. The van der Waals surface area contributed by atoms with Gasteiger partial charge < -0.3 is 15.6 Å². The molecule has 4 aliphatic rings. The Morgan fingerprint density at radius 2 is 1.56 bits per heavy atom. The molecule has 0 radical (unpaired) electrons. The lowest BCUT2D eigenvalue weighted by Gasteiger charge is -2.50. The predicted molar refractivity (Wildman–Crippen MR) is 143 cm³/mol. The second-order valence-corrected chi connectivity index (χ2v) is 12.2. The number of anilines is 1. The van der Waals surface area contributed by atoms with E-state index in [0.717, 1.165) is 6.07 Å². The van der Waals surface area contributed by atoms with Crippen LogP contribution in [-0.4, -0.2) is 56.5 Å². The van der Waals surface area contributed by atoms with Crippen molar-refractivity contribution in [2.75, 3.05) is 12.0 Å². The lowest BCUT2D eigenvalue weighted by atomic mass is 9.56. The van der Waals surface area contributed by atoms with Gasteiger partial charge in [-0.05, 0) is 36.5 Å². The maximum absolute atomic E-state index is 15.0. The standard InChI is InChI=1S/C28H18Cl2F5N3O7/c1-45-13-6-8(2-5-12(13)39)15-9-3-4-10-14(23(41)38(22(10)40)26(36)44)11(9)7-27(29)24(42)37(25(43)28(15,27)30)21-19(34)17(32)16(31)18(33)20(21)35/h2-3,5-6,10-11,14-15,39H,4,7H2,1H3,(H2,36,44). The lowest BCUT2D eigenvalue weighted by Crippen LogP contribution is -2.60. The number of halogens is 7. The van der Waals surface area contributed by atoms with E-state index in [0.29, 0.717) is 0 Å². The molecule has 0 bridgehead atoms. The fraction of sp³-hybridized carbons (Fsp3) is 0.321. The molecule has 0 spiro atoms. The molecule has 2 aliphatic heterocycles. The number of primary amides is 1. The number of ether oxygens (including phenoxy) is 1. The zero-order valence-corrected chi connectivity index (χ0v) is 24.1. The number of nitrogens with two attached hydrogens (primary N) is 1. The van der Waals surface area contributed by atoms with Gasteiger partial charge in [-0.15, -0.1) is 23.2 Å². The summed E-state index contributed by atoms with van der Waals surface area (Å²) in [4.78, 5) is 61.0. The van der Waals surface area contributed by atoms with Gasteiger partial charge in [-0.2, -0.15) is 4.90 Å². The monoisotopic (exact) mass is 673 g/mol. The van der Waals surface area contributed by atoms with Gasteiger partial charge in [0.1, 0.15) is 5.69 Å². The van der Waals surface area contributed by atoms with Crippen molar-refractivity contribution in [2.24, 2.45) is 23.5 Å². The number of methoxy groups -OCH3 is 1. The van der Waals surface area contributed by atoms with E-state index in [9.17, 15) is 42.3 Å². The number of likely N-dealkylation sites (tertiary alicyclic amines) is 1. The van der Waals surface area contributed by atoms with Crippen LogP contribution in [0.2, 0.25) is 0 Å². The van der Waals surface area contributed by atoms with Crippen LogP contribution in [0.5, 0.6) is 11.5 Å². The number of allylic oxidation sites excluding steroid dienone is 2. The number of hydrogen-bond acceptors (Lipinski definition) is 7. The molecule has 6 unspecified atom stereocenters. The van der Waals surface area contributed by atoms with Crippen molar-refractivity contribution >= 4 is 58.5 Å². The maximum Gasteiger partial charge on any atom is 0.328 e. The van der Waals surface area contributed by atoms with Crippen LogP contribution in [0.25, 0.3) is 0 Å². The molecule has 45 heavy (non-hydrogen) atoms. The number of urea groups is 1. The number of fused-ring (bicyclic) bond motifs is 4. The number of carbonyl (C=O) groups excluding carboxylic acids is 5. The Labute approximate surface area is 259 Å². The van der Waals surface area contributed by atoms with Crippen LogP contribution in [0, 0.1) is 46.8 Å². The van der Waals surface area contributed by atoms with E-state index < -0.39 is 104 Å². The Kier molecular flexibility index (Phi) is 6.76. The molecule has 2 aliphatic carbocycles. The highest BCUT2D eigenvalue weighted by Crippen LogP contribution is 2.66. The average Bonchev–Trinajstić information content (AvgIpc) is 3.34. The summed E-state index contributed by atoms with van der Waals surface area (Å²) in [6.45, 7) is 0. The number of imide groups is 4. The molecule has 2 aromatic rings. The zero-order valence-electron chi connectivity index (χ0n) is 22.5. The van der Waals surface area contributed by atoms with E-state index in [2.05, 4.69) is 0 Å². The second kappa shape index (κ2) is 9.88. The fourth-order valence-corrected chi connectivity index (χ4v) is 7.97. The quantitative estimate of drug-likeness (QED) is 0.126.